The molecule has 0 N–H and O–H groups in total. The molecule has 0 spiro atoms. The lowest BCUT2D eigenvalue weighted by Gasteiger charge is -2.36. The van der Waals surface area contributed by atoms with Crippen molar-refractivity contribution in [3.8, 4) is 0 Å². The van der Waals surface area contributed by atoms with Crippen LogP contribution in [0, 0.1) is 12.8 Å². The number of hydrogen-bond acceptors (Lipinski definition) is 4. The Hall–Kier alpha value is -1.69. The van der Waals surface area contributed by atoms with Gasteiger partial charge in [0.15, 0.2) is 0 Å². The largest absolute Gasteiger partial charge is 0.339 e. The zero-order chi connectivity index (χ0) is 16.5. The van der Waals surface area contributed by atoms with Crippen LogP contribution in [0.2, 0.25) is 0 Å². The van der Waals surface area contributed by atoms with E-state index in [2.05, 4.69) is 33.6 Å². The van der Waals surface area contributed by atoms with Crippen molar-refractivity contribution in [1.29, 1.82) is 0 Å². The third-order valence-electron chi connectivity index (χ3n) is 5.42. The summed E-state index contributed by atoms with van der Waals surface area (Å²) in [4.78, 5) is 16.6. The minimum atomic E-state index is 0.217. The quantitative estimate of drug-likeness (QED) is 0.837. The highest BCUT2D eigenvalue weighted by molar-refractivity contribution is 7.10. The minimum absolute atomic E-state index is 0.217. The van der Waals surface area contributed by atoms with E-state index in [0.29, 0.717) is 17.9 Å². The van der Waals surface area contributed by atoms with Crippen molar-refractivity contribution in [1.82, 2.24) is 19.9 Å². The lowest BCUT2D eigenvalue weighted by molar-refractivity contribution is -0.136. The van der Waals surface area contributed by atoms with Crippen LogP contribution >= 0.6 is 11.3 Å². The van der Waals surface area contributed by atoms with Gasteiger partial charge in [0.1, 0.15) is 0 Å². The van der Waals surface area contributed by atoms with Crippen molar-refractivity contribution in [2.24, 2.45) is 5.92 Å². The Morgan fingerprint density at radius 1 is 1.42 bits per heavy atom. The first-order valence-corrected chi connectivity index (χ1v) is 9.80. The van der Waals surface area contributed by atoms with Crippen LogP contribution in [0.5, 0.6) is 0 Å². The first-order valence-electron chi connectivity index (χ1n) is 8.92. The summed E-state index contributed by atoms with van der Waals surface area (Å²) in [5.74, 6) is 1.07. The van der Waals surface area contributed by atoms with Gasteiger partial charge in [-0.3, -0.25) is 9.48 Å². The van der Waals surface area contributed by atoms with Gasteiger partial charge in [-0.25, -0.2) is 0 Å². The first kappa shape index (κ1) is 15.8. The molecule has 1 amide bonds. The molecule has 2 aromatic heterocycles. The molecule has 0 aromatic carbocycles. The summed E-state index contributed by atoms with van der Waals surface area (Å²) in [6.07, 6.45) is 9.10. The fourth-order valence-electron chi connectivity index (χ4n) is 3.96. The highest BCUT2D eigenvalue weighted by atomic mass is 32.1. The Morgan fingerprint density at radius 2 is 2.33 bits per heavy atom. The lowest BCUT2D eigenvalue weighted by Crippen LogP contribution is -2.45. The summed E-state index contributed by atoms with van der Waals surface area (Å²) in [5.41, 5.74) is 1.35. The van der Waals surface area contributed by atoms with E-state index < -0.39 is 0 Å². The van der Waals surface area contributed by atoms with Crippen LogP contribution in [0.25, 0.3) is 0 Å². The molecule has 2 aromatic rings. The monoisotopic (exact) mass is 344 g/mol. The molecule has 1 aliphatic carbocycles. The second kappa shape index (κ2) is 6.67. The fourth-order valence-corrected chi connectivity index (χ4v) is 5.07. The van der Waals surface area contributed by atoms with E-state index in [1.165, 1.54) is 16.9 Å². The number of hydrogen-bond donors (Lipinski definition) is 0. The molecule has 1 saturated carbocycles. The molecule has 3 atom stereocenters. The normalized spacial score (nSPS) is 26.5. The Balaban J connectivity index is 1.39. The SMILES string of the molecule is Cc1ccsc1C1CC1C(=O)N1CCCCC1CCn1ccnn1. The Bertz CT molecular complexity index is 696. The summed E-state index contributed by atoms with van der Waals surface area (Å²) in [6.45, 7) is 3.92. The molecular weight excluding hydrogens is 320 g/mol. The van der Waals surface area contributed by atoms with E-state index in [-0.39, 0.29) is 5.92 Å². The van der Waals surface area contributed by atoms with Crippen LogP contribution < -0.4 is 0 Å². The van der Waals surface area contributed by atoms with E-state index in [0.717, 1.165) is 38.8 Å². The van der Waals surface area contributed by atoms with Gasteiger partial charge in [-0.15, -0.1) is 16.4 Å². The van der Waals surface area contributed by atoms with E-state index >= 15 is 0 Å². The van der Waals surface area contributed by atoms with Crippen LogP contribution in [0.1, 0.15) is 48.5 Å². The van der Waals surface area contributed by atoms with Crippen molar-refractivity contribution in [2.75, 3.05) is 6.54 Å². The van der Waals surface area contributed by atoms with Gasteiger partial charge < -0.3 is 4.90 Å². The predicted molar refractivity (Wildman–Crippen MR) is 93.9 cm³/mol. The maximum absolute atomic E-state index is 13.0. The predicted octanol–water partition coefficient (Wildman–Crippen LogP) is 3.22. The molecule has 2 aliphatic rings. The van der Waals surface area contributed by atoms with Crippen LogP contribution in [0.3, 0.4) is 0 Å². The van der Waals surface area contributed by atoms with Crippen LogP contribution in [0.15, 0.2) is 23.8 Å². The summed E-state index contributed by atoms with van der Waals surface area (Å²) < 4.78 is 1.87. The van der Waals surface area contributed by atoms with Crippen molar-refractivity contribution >= 4 is 17.2 Å². The Morgan fingerprint density at radius 3 is 3.08 bits per heavy atom. The molecule has 3 unspecified atom stereocenters. The maximum atomic E-state index is 13.0. The first-order chi connectivity index (χ1) is 11.7. The molecule has 1 saturated heterocycles. The second-order valence-electron chi connectivity index (χ2n) is 7.05. The smallest absolute Gasteiger partial charge is 0.226 e. The molecule has 128 valence electrons. The molecule has 4 rings (SSSR count). The molecule has 2 fully saturated rings. The highest BCUT2D eigenvalue weighted by Gasteiger charge is 2.48. The number of carbonyl (C=O) groups is 1. The van der Waals surface area contributed by atoms with E-state index in [1.807, 2.05) is 22.2 Å². The lowest BCUT2D eigenvalue weighted by atomic mass is 9.98. The fraction of sp³-hybridized carbons (Fsp3) is 0.611. The molecule has 5 nitrogen and oxygen atoms in total. The third kappa shape index (κ3) is 3.11. The van der Waals surface area contributed by atoms with Crippen LogP contribution in [0.4, 0.5) is 0 Å². The van der Waals surface area contributed by atoms with E-state index in [4.69, 9.17) is 0 Å². The van der Waals surface area contributed by atoms with Crippen molar-refractivity contribution in [2.45, 2.75) is 57.5 Å². The van der Waals surface area contributed by atoms with Crippen molar-refractivity contribution < 1.29 is 4.79 Å². The minimum Gasteiger partial charge on any atom is -0.339 e. The van der Waals surface area contributed by atoms with Gasteiger partial charge in [0.05, 0.1) is 6.20 Å². The van der Waals surface area contributed by atoms with Gasteiger partial charge in [0.2, 0.25) is 5.91 Å². The molecule has 6 heteroatoms. The molecule has 3 heterocycles. The van der Waals surface area contributed by atoms with Gasteiger partial charge in [0, 0.05) is 42.0 Å². The third-order valence-corrected chi connectivity index (χ3v) is 6.57. The number of aryl methyl sites for hydroxylation is 2. The number of rotatable bonds is 5. The Kier molecular flexibility index (Phi) is 4.39. The topological polar surface area (TPSA) is 51.0 Å². The average molecular weight is 344 g/mol. The summed E-state index contributed by atoms with van der Waals surface area (Å²) in [7, 11) is 0. The van der Waals surface area contributed by atoms with Gasteiger partial charge in [-0.1, -0.05) is 5.21 Å². The number of amides is 1. The second-order valence-corrected chi connectivity index (χ2v) is 8.00. The molecule has 0 bridgehead atoms. The Labute approximate surface area is 146 Å². The van der Waals surface area contributed by atoms with Crippen LogP contribution in [-0.2, 0) is 11.3 Å². The summed E-state index contributed by atoms with van der Waals surface area (Å²) in [5, 5.41) is 10.0. The molecular formula is C18H24N4OS. The summed E-state index contributed by atoms with van der Waals surface area (Å²) in [6, 6.07) is 2.53. The number of piperidine rings is 1. The average Bonchev–Trinajstić information content (AvgIpc) is 3.00. The van der Waals surface area contributed by atoms with Gasteiger partial charge in [0.25, 0.3) is 0 Å². The summed E-state index contributed by atoms with van der Waals surface area (Å²) >= 11 is 1.81. The zero-order valence-corrected chi connectivity index (χ0v) is 14.9. The molecule has 1 aliphatic heterocycles. The zero-order valence-electron chi connectivity index (χ0n) is 14.1. The number of likely N-dealkylation sites (tertiary alicyclic amines) is 1. The van der Waals surface area contributed by atoms with Crippen LogP contribution in [-0.4, -0.2) is 38.4 Å². The number of aromatic nitrogens is 3. The van der Waals surface area contributed by atoms with Crippen molar-refractivity contribution in [3.63, 3.8) is 0 Å². The van der Waals surface area contributed by atoms with E-state index in [1.54, 1.807) is 6.20 Å². The maximum Gasteiger partial charge on any atom is 0.226 e. The standard InChI is InChI=1S/C18H24N4OS/c1-13-6-11-24-17(13)15-12-16(15)18(23)22-8-3-2-4-14(22)5-9-21-10-7-19-20-21/h6-7,10-11,14-16H,2-5,8-9,12H2,1H3. The van der Waals surface area contributed by atoms with E-state index in [9.17, 15) is 4.79 Å². The van der Waals surface area contributed by atoms with Gasteiger partial charge in [-0.05, 0) is 56.0 Å². The number of thiophene rings is 1. The van der Waals surface area contributed by atoms with Gasteiger partial charge in [-0.2, -0.15) is 0 Å². The number of carbonyl (C=O) groups excluding carboxylic acids is 1. The molecule has 0 radical (unpaired) electrons. The molecule has 24 heavy (non-hydrogen) atoms. The highest BCUT2D eigenvalue weighted by Crippen LogP contribution is 2.51. The van der Waals surface area contributed by atoms with Gasteiger partial charge >= 0.3 is 0 Å². The van der Waals surface area contributed by atoms with Crippen molar-refractivity contribution in [3.05, 3.63) is 34.3 Å². The number of nitrogens with zero attached hydrogens (tertiary/aromatic N) is 4.